The maximum Gasteiger partial charge on any atom is 0.164 e. The zero-order valence-electron chi connectivity index (χ0n) is 23.7. The van der Waals surface area contributed by atoms with Crippen LogP contribution in [-0.4, -0.2) is 15.0 Å². The minimum Gasteiger partial charge on any atom is -0.456 e. The van der Waals surface area contributed by atoms with Crippen molar-refractivity contribution in [3.8, 4) is 34.2 Å². The predicted octanol–water partition coefficient (Wildman–Crippen LogP) is 10.6. The molecular formula is C39H21N3O3. The lowest BCUT2D eigenvalue weighted by atomic mass is 10.0. The van der Waals surface area contributed by atoms with E-state index in [-0.39, 0.29) is 0 Å². The van der Waals surface area contributed by atoms with E-state index in [2.05, 4.69) is 36.4 Å². The Labute approximate surface area is 255 Å². The molecule has 0 saturated heterocycles. The van der Waals surface area contributed by atoms with Gasteiger partial charge in [0.15, 0.2) is 17.5 Å². The molecule has 0 aliphatic carbocycles. The molecule has 0 radical (unpaired) electrons. The van der Waals surface area contributed by atoms with Crippen LogP contribution in [0.1, 0.15) is 0 Å². The number of benzene rings is 6. The first-order valence-corrected chi connectivity index (χ1v) is 14.8. The molecule has 0 spiro atoms. The van der Waals surface area contributed by atoms with Crippen LogP contribution in [0.3, 0.4) is 0 Å². The molecule has 0 N–H and O–H groups in total. The van der Waals surface area contributed by atoms with Crippen molar-refractivity contribution in [1.29, 1.82) is 0 Å². The molecule has 0 fully saturated rings. The number of rotatable bonds is 3. The summed E-state index contributed by atoms with van der Waals surface area (Å²) in [5.41, 5.74) is 7.41. The highest BCUT2D eigenvalue weighted by Crippen LogP contribution is 2.41. The van der Waals surface area contributed by atoms with Gasteiger partial charge in [-0.3, -0.25) is 0 Å². The van der Waals surface area contributed by atoms with Gasteiger partial charge in [0.1, 0.15) is 33.5 Å². The van der Waals surface area contributed by atoms with Crippen molar-refractivity contribution in [3.05, 3.63) is 127 Å². The number of furan rings is 3. The molecular weight excluding hydrogens is 558 g/mol. The Hall–Kier alpha value is -6.27. The van der Waals surface area contributed by atoms with Crippen LogP contribution in [0.2, 0.25) is 0 Å². The normalized spacial score (nSPS) is 12.0. The maximum atomic E-state index is 6.24. The molecule has 210 valence electrons. The van der Waals surface area contributed by atoms with Crippen LogP contribution < -0.4 is 0 Å². The second kappa shape index (κ2) is 9.11. The minimum absolute atomic E-state index is 0.557. The van der Waals surface area contributed by atoms with E-state index in [1.54, 1.807) is 0 Å². The number of nitrogens with zero attached hydrogens (tertiary/aromatic N) is 3. The molecule has 0 bridgehead atoms. The molecule has 0 amide bonds. The number of aromatic nitrogens is 3. The molecule has 6 aromatic carbocycles. The minimum atomic E-state index is 0.557. The lowest BCUT2D eigenvalue weighted by Crippen LogP contribution is -2.01. The molecule has 4 aromatic heterocycles. The fourth-order valence-electron chi connectivity index (χ4n) is 6.62. The Kier molecular flexibility index (Phi) is 4.90. The van der Waals surface area contributed by atoms with Crippen molar-refractivity contribution in [2.45, 2.75) is 0 Å². The standard InChI is InChI=1S/C39H21N3O3/c1-4-16-28-22(10-1)34-25(13-7-19-31(34)43-28)37-40-38(26-14-8-20-32-35(26)23-11-2-5-17-29(23)44-32)42-39(41-37)27-15-9-21-33-36(27)24-12-3-6-18-30(24)45-33/h1-21H. The van der Waals surface area contributed by atoms with Gasteiger partial charge in [0.2, 0.25) is 0 Å². The highest BCUT2D eigenvalue weighted by atomic mass is 16.3. The zero-order chi connectivity index (χ0) is 29.5. The Morgan fingerprint density at radius 3 is 0.911 bits per heavy atom. The molecule has 6 nitrogen and oxygen atoms in total. The van der Waals surface area contributed by atoms with E-state index in [4.69, 9.17) is 28.2 Å². The first-order chi connectivity index (χ1) is 22.3. The second-order valence-electron chi connectivity index (χ2n) is 11.1. The van der Waals surface area contributed by atoms with Gasteiger partial charge in [-0.2, -0.15) is 0 Å². The van der Waals surface area contributed by atoms with Gasteiger partial charge in [-0.1, -0.05) is 91.0 Å². The zero-order valence-corrected chi connectivity index (χ0v) is 23.7. The van der Waals surface area contributed by atoms with Gasteiger partial charge >= 0.3 is 0 Å². The van der Waals surface area contributed by atoms with E-state index in [9.17, 15) is 0 Å². The third kappa shape index (κ3) is 3.53. The van der Waals surface area contributed by atoms with Crippen LogP contribution in [0, 0.1) is 0 Å². The van der Waals surface area contributed by atoms with Gasteiger partial charge < -0.3 is 13.3 Å². The van der Waals surface area contributed by atoms with Crippen molar-refractivity contribution in [1.82, 2.24) is 15.0 Å². The van der Waals surface area contributed by atoms with Crippen LogP contribution in [0.4, 0.5) is 0 Å². The van der Waals surface area contributed by atoms with Crippen LogP contribution >= 0.6 is 0 Å². The number of hydrogen-bond donors (Lipinski definition) is 0. The molecule has 0 aliphatic rings. The van der Waals surface area contributed by atoms with Gasteiger partial charge in [-0.15, -0.1) is 0 Å². The number of fused-ring (bicyclic) bond motifs is 9. The Morgan fingerprint density at radius 1 is 0.289 bits per heavy atom. The lowest BCUT2D eigenvalue weighted by Gasteiger charge is -2.10. The average Bonchev–Trinajstić information content (AvgIpc) is 3.79. The summed E-state index contributed by atoms with van der Waals surface area (Å²) in [6, 6.07) is 42.2. The molecule has 0 aliphatic heterocycles. The molecule has 45 heavy (non-hydrogen) atoms. The lowest BCUT2D eigenvalue weighted by molar-refractivity contribution is 0.668. The van der Waals surface area contributed by atoms with Crippen molar-refractivity contribution >= 4 is 65.8 Å². The van der Waals surface area contributed by atoms with Gasteiger partial charge in [-0.05, 0) is 36.4 Å². The smallest absolute Gasteiger partial charge is 0.164 e. The van der Waals surface area contributed by atoms with Crippen molar-refractivity contribution in [2.75, 3.05) is 0 Å². The molecule has 6 heteroatoms. The molecule has 10 rings (SSSR count). The quantitative estimate of drug-likeness (QED) is 0.207. The summed E-state index contributed by atoms with van der Waals surface area (Å²) in [6.07, 6.45) is 0. The third-order valence-corrected chi connectivity index (χ3v) is 8.57. The van der Waals surface area contributed by atoms with Crippen molar-refractivity contribution < 1.29 is 13.3 Å². The summed E-state index contributed by atoms with van der Waals surface area (Å²) < 4.78 is 18.7. The number of para-hydroxylation sites is 3. The van der Waals surface area contributed by atoms with Crippen molar-refractivity contribution in [3.63, 3.8) is 0 Å². The van der Waals surface area contributed by atoms with E-state index in [0.717, 1.165) is 82.5 Å². The van der Waals surface area contributed by atoms with Crippen molar-refractivity contribution in [2.24, 2.45) is 0 Å². The average molecular weight is 580 g/mol. The summed E-state index contributed by atoms with van der Waals surface area (Å²) >= 11 is 0. The van der Waals surface area contributed by atoms with Crippen LogP contribution in [-0.2, 0) is 0 Å². The third-order valence-electron chi connectivity index (χ3n) is 8.57. The maximum absolute atomic E-state index is 6.24. The summed E-state index contributed by atoms with van der Waals surface area (Å²) in [6.45, 7) is 0. The van der Waals surface area contributed by atoms with Gasteiger partial charge in [0, 0.05) is 49.0 Å². The summed E-state index contributed by atoms with van der Waals surface area (Å²) in [7, 11) is 0. The Balaban J connectivity index is 1.33. The van der Waals surface area contributed by atoms with Gasteiger partial charge in [0.25, 0.3) is 0 Å². The van der Waals surface area contributed by atoms with E-state index >= 15 is 0 Å². The highest BCUT2D eigenvalue weighted by molar-refractivity contribution is 6.14. The van der Waals surface area contributed by atoms with Gasteiger partial charge in [0.05, 0.1) is 0 Å². The fraction of sp³-hybridized carbons (Fsp3) is 0. The van der Waals surface area contributed by atoms with Crippen LogP contribution in [0.5, 0.6) is 0 Å². The first-order valence-electron chi connectivity index (χ1n) is 14.8. The van der Waals surface area contributed by atoms with E-state index in [0.29, 0.717) is 17.5 Å². The van der Waals surface area contributed by atoms with Gasteiger partial charge in [-0.25, -0.2) is 15.0 Å². The van der Waals surface area contributed by atoms with Crippen LogP contribution in [0.25, 0.3) is 100.0 Å². The number of hydrogen-bond acceptors (Lipinski definition) is 6. The van der Waals surface area contributed by atoms with Crippen LogP contribution in [0.15, 0.2) is 141 Å². The summed E-state index contributed by atoms with van der Waals surface area (Å²) in [5, 5.41) is 5.94. The molecule has 0 saturated carbocycles. The fourth-order valence-corrected chi connectivity index (χ4v) is 6.62. The molecule has 0 atom stereocenters. The first kappa shape index (κ1) is 24.2. The highest BCUT2D eigenvalue weighted by Gasteiger charge is 2.22. The van der Waals surface area contributed by atoms with E-state index in [1.165, 1.54) is 0 Å². The Morgan fingerprint density at radius 2 is 0.578 bits per heavy atom. The summed E-state index contributed by atoms with van der Waals surface area (Å²) in [5.74, 6) is 1.67. The molecule has 0 unspecified atom stereocenters. The SMILES string of the molecule is c1ccc2c(c1)oc1cccc(-c3nc(-c4cccc5oc6ccccc6c45)nc(-c4cccc5oc6ccccc6c45)n3)c12. The second-order valence-corrected chi connectivity index (χ2v) is 11.1. The summed E-state index contributed by atoms with van der Waals surface area (Å²) in [4.78, 5) is 15.5. The topological polar surface area (TPSA) is 78.1 Å². The molecule has 4 heterocycles. The largest absolute Gasteiger partial charge is 0.456 e. The molecule has 10 aromatic rings. The monoisotopic (exact) mass is 579 g/mol. The van der Waals surface area contributed by atoms with E-state index < -0.39 is 0 Å². The van der Waals surface area contributed by atoms with E-state index in [1.807, 2.05) is 91.0 Å². The predicted molar refractivity (Wildman–Crippen MR) is 178 cm³/mol. The Bertz CT molecular complexity index is 2470.